The second kappa shape index (κ2) is 5.75. The van der Waals surface area contributed by atoms with Gasteiger partial charge in [-0.05, 0) is 12.1 Å². The van der Waals surface area contributed by atoms with Crippen LogP contribution in [0.1, 0.15) is 5.56 Å². The quantitative estimate of drug-likeness (QED) is 0.345. The molecule has 3 rings (SSSR count). The van der Waals surface area contributed by atoms with E-state index in [9.17, 15) is 0 Å². The number of benzene rings is 1. The van der Waals surface area contributed by atoms with Crippen LogP contribution < -0.4 is 0 Å². The highest BCUT2D eigenvalue weighted by atomic mass is 32.2. The van der Waals surface area contributed by atoms with Gasteiger partial charge in [0.1, 0.15) is 0 Å². The number of hydrogen-bond donors (Lipinski definition) is 1. The molecule has 0 amide bonds. The number of fused-ring (bicyclic) bond motifs is 1. The van der Waals surface area contributed by atoms with Crippen molar-refractivity contribution < 1.29 is 9.62 Å². The fraction of sp³-hybridized carbons (Fsp3) is 0.0714. The van der Waals surface area contributed by atoms with Crippen molar-refractivity contribution in [3.8, 4) is 0 Å². The monoisotopic (exact) mass is 285 g/mol. The lowest BCUT2D eigenvalue weighted by Gasteiger charge is -2.01. The normalized spacial score (nSPS) is 11.9. The predicted octanol–water partition coefficient (Wildman–Crippen LogP) is 3.19. The molecule has 0 fully saturated rings. The molecule has 3 aromatic rings. The zero-order chi connectivity index (χ0) is 13.8. The average molecular weight is 285 g/mol. The van der Waals surface area contributed by atoms with Crippen molar-refractivity contribution in [2.75, 3.05) is 5.75 Å². The van der Waals surface area contributed by atoms with Crippen LogP contribution in [0.3, 0.4) is 0 Å². The maximum atomic E-state index is 9.11. The first-order valence-electron chi connectivity index (χ1n) is 5.97. The number of oxime groups is 1. The minimum absolute atomic E-state index is 0.466. The molecule has 0 bridgehead atoms. The summed E-state index contributed by atoms with van der Waals surface area (Å²) in [5.41, 5.74) is 2.68. The third-order valence-corrected chi connectivity index (χ3v) is 3.54. The molecule has 2 heterocycles. The standard InChI is InChI=1S/C14H11N3O2S/c18-17-11(10-5-2-1-3-6-10)9-20-14-16-13-12(19-14)7-4-8-15-13/h1-8,18H,9H2/b17-11-. The lowest BCUT2D eigenvalue weighted by atomic mass is 10.1. The summed E-state index contributed by atoms with van der Waals surface area (Å²) in [6.07, 6.45) is 1.67. The first kappa shape index (κ1) is 12.7. The van der Waals surface area contributed by atoms with E-state index in [4.69, 9.17) is 9.62 Å². The minimum atomic E-state index is 0.466. The Morgan fingerprint density at radius 3 is 2.80 bits per heavy atom. The van der Waals surface area contributed by atoms with E-state index in [1.54, 1.807) is 12.3 Å². The van der Waals surface area contributed by atoms with Gasteiger partial charge in [0.2, 0.25) is 0 Å². The molecule has 6 heteroatoms. The third kappa shape index (κ3) is 2.65. The second-order valence-corrected chi connectivity index (χ2v) is 4.93. The molecule has 5 nitrogen and oxygen atoms in total. The van der Waals surface area contributed by atoms with E-state index < -0.39 is 0 Å². The van der Waals surface area contributed by atoms with Crippen molar-refractivity contribution >= 4 is 28.7 Å². The third-order valence-electron chi connectivity index (χ3n) is 2.71. The van der Waals surface area contributed by atoms with Crippen LogP contribution in [-0.2, 0) is 0 Å². The van der Waals surface area contributed by atoms with Gasteiger partial charge >= 0.3 is 0 Å². The Labute approximate surface area is 119 Å². The number of oxazole rings is 1. The molecule has 0 spiro atoms. The molecule has 0 aliphatic heterocycles. The van der Waals surface area contributed by atoms with E-state index in [1.165, 1.54) is 11.8 Å². The Kier molecular flexibility index (Phi) is 3.64. The zero-order valence-corrected chi connectivity index (χ0v) is 11.2. The molecular weight excluding hydrogens is 274 g/mol. The first-order valence-corrected chi connectivity index (χ1v) is 6.96. The van der Waals surface area contributed by atoms with Gasteiger partial charge in [-0.25, -0.2) is 4.98 Å². The van der Waals surface area contributed by atoms with Gasteiger partial charge in [0.15, 0.2) is 11.2 Å². The van der Waals surface area contributed by atoms with Crippen LogP contribution in [0.25, 0.3) is 11.2 Å². The van der Waals surface area contributed by atoms with Gasteiger partial charge < -0.3 is 9.62 Å². The van der Waals surface area contributed by atoms with Crippen molar-refractivity contribution in [1.29, 1.82) is 0 Å². The Morgan fingerprint density at radius 2 is 2.05 bits per heavy atom. The molecule has 0 saturated heterocycles. The summed E-state index contributed by atoms with van der Waals surface area (Å²) in [5.74, 6) is 0.466. The first-order chi connectivity index (χ1) is 9.86. The molecule has 0 atom stereocenters. The van der Waals surface area contributed by atoms with Crippen LogP contribution in [0.15, 0.2) is 63.5 Å². The van der Waals surface area contributed by atoms with Crippen LogP contribution in [0, 0.1) is 0 Å². The number of pyridine rings is 1. The van der Waals surface area contributed by atoms with Crippen LogP contribution in [-0.4, -0.2) is 26.6 Å². The summed E-state index contributed by atoms with van der Waals surface area (Å²) >= 11 is 1.37. The van der Waals surface area contributed by atoms with Crippen molar-refractivity contribution in [2.45, 2.75) is 5.22 Å². The second-order valence-electron chi connectivity index (χ2n) is 4.01. The molecule has 0 saturated carbocycles. The Morgan fingerprint density at radius 1 is 1.20 bits per heavy atom. The Hall–Kier alpha value is -2.34. The highest BCUT2D eigenvalue weighted by Crippen LogP contribution is 2.22. The Bertz CT molecular complexity index is 707. The van der Waals surface area contributed by atoms with Gasteiger partial charge in [0.05, 0.1) is 5.71 Å². The molecule has 1 aromatic carbocycles. The van der Waals surface area contributed by atoms with E-state index in [2.05, 4.69) is 15.1 Å². The van der Waals surface area contributed by atoms with Gasteiger partial charge in [-0.3, -0.25) is 0 Å². The molecule has 2 aromatic heterocycles. The zero-order valence-electron chi connectivity index (χ0n) is 10.4. The summed E-state index contributed by atoms with van der Waals surface area (Å²) in [6, 6.07) is 13.1. The highest BCUT2D eigenvalue weighted by molar-refractivity contribution is 7.99. The highest BCUT2D eigenvalue weighted by Gasteiger charge is 2.10. The van der Waals surface area contributed by atoms with Gasteiger partial charge in [-0.1, -0.05) is 47.2 Å². The van der Waals surface area contributed by atoms with Crippen LogP contribution in [0.4, 0.5) is 0 Å². The minimum Gasteiger partial charge on any atom is -0.430 e. The van der Waals surface area contributed by atoms with Gasteiger partial charge in [-0.2, -0.15) is 4.98 Å². The lowest BCUT2D eigenvalue weighted by molar-refractivity contribution is 0.319. The summed E-state index contributed by atoms with van der Waals surface area (Å²) in [4.78, 5) is 8.37. The van der Waals surface area contributed by atoms with E-state index in [0.717, 1.165) is 5.56 Å². The van der Waals surface area contributed by atoms with Crippen molar-refractivity contribution in [2.24, 2.45) is 5.16 Å². The fourth-order valence-corrected chi connectivity index (χ4v) is 2.53. The molecular formula is C14H11N3O2S. The summed E-state index contributed by atoms with van der Waals surface area (Å²) in [7, 11) is 0. The summed E-state index contributed by atoms with van der Waals surface area (Å²) in [6.45, 7) is 0. The van der Waals surface area contributed by atoms with Crippen molar-refractivity contribution in [1.82, 2.24) is 9.97 Å². The Balaban J connectivity index is 1.75. The van der Waals surface area contributed by atoms with E-state index >= 15 is 0 Å². The van der Waals surface area contributed by atoms with Gasteiger partial charge in [0, 0.05) is 17.5 Å². The molecule has 0 aliphatic carbocycles. The smallest absolute Gasteiger partial charge is 0.258 e. The molecule has 0 radical (unpaired) electrons. The maximum Gasteiger partial charge on any atom is 0.258 e. The summed E-state index contributed by atoms with van der Waals surface area (Å²) < 4.78 is 5.55. The number of nitrogens with zero attached hydrogens (tertiary/aromatic N) is 3. The van der Waals surface area contributed by atoms with E-state index in [0.29, 0.717) is 27.9 Å². The van der Waals surface area contributed by atoms with Crippen molar-refractivity contribution in [3.05, 3.63) is 54.2 Å². The maximum absolute atomic E-state index is 9.11. The largest absolute Gasteiger partial charge is 0.430 e. The number of rotatable bonds is 4. The number of thioether (sulfide) groups is 1. The molecule has 20 heavy (non-hydrogen) atoms. The average Bonchev–Trinajstić information content (AvgIpc) is 2.92. The molecule has 100 valence electrons. The predicted molar refractivity (Wildman–Crippen MR) is 77.3 cm³/mol. The topological polar surface area (TPSA) is 71.5 Å². The lowest BCUT2D eigenvalue weighted by Crippen LogP contribution is -2.04. The fourth-order valence-electron chi connectivity index (χ4n) is 1.74. The van der Waals surface area contributed by atoms with Crippen LogP contribution in [0.2, 0.25) is 0 Å². The number of aromatic nitrogens is 2. The van der Waals surface area contributed by atoms with E-state index in [-0.39, 0.29) is 0 Å². The van der Waals surface area contributed by atoms with Gasteiger partial charge in [0.25, 0.3) is 5.22 Å². The molecule has 0 unspecified atom stereocenters. The SMILES string of the molecule is O/N=C(/CSc1nc2ncccc2o1)c1ccccc1. The van der Waals surface area contributed by atoms with Crippen molar-refractivity contribution in [3.63, 3.8) is 0 Å². The molecule has 1 N–H and O–H groups in total. The summed E-state index contributed by atoms with van der Waals surface area (Å²) in [5, 5.41) is 13.0. The van der Waals surface area contributed by atoms with E-state index in [1.807, 2.05) is 36.4 Å². The molecule has 0 aliphatic rings. The van der Waals surface area contributed by atoms with Crippen LogP contribution in [0.5, 0.6) is 0 Å². The number of hydrogen-bond acceptors (Lipinski definition) is 6. The van der Waals surface area contributed by atoms with Gasteiger partial charge in [-0.15, -0.1) is 0 Å². The van der Waals surface area contributed by atoms with Crippen LogP contribution >= 0.6 is 11.8 Å².